The van der Waals surface area contributed by atoms with Crippen LogP contribution in [0, 0.1) is 43.5 Å². The molecule has 6 aromatic carbocycles. The lowest BCUT2D eigenvalue weighted by Gasteiger charge is -2.12. The van der Waals surface area contributed by atoms with E-state index in [9.17, 15) is 81.1 Å². The number of carbonyl (C=O) groups excluding carboxylic acids is 2. The molecular weight excluding hydrogens is 2210 g/mol. The van der Waals surface area contributed by atoms with Crippen LogP contribution >= 0.6 is 104 Å². The van der Waals surface area contributed by atoms with Crippen LogP contribution in [-0.2, 0) is 86.6 Å². The first kappa shape index (κ1) is 127. The Morgan fingerprint density at radius 2 is 0.832 bits per heavy atom. The second kappa shape index (κ2) is 59.0. The van der Waals surface area contributed by atoms with E-state index in [-0.39, 0.29) is 117 Å². The lowest BCUT2D eigenvalue weighted by atomic mass is 10.1. The quantitative estimate of drug-likeness (QED) is 0.0103. The zero-order chi connectivity index (χ0) is 105. The molecule has 38 nitrogen and oxygen atoms in total. The Hall–Kier alpha value is -12.8. The number of nitrogens with one attached hydrogen (secondary N) is 2. The van der Waals surface area contributed by atoms with Gasteiger partial charge in [-0.05, 0) is 133 Å². The maximum atomic E-state index is 14.9. The van der Waals surface area contributed by atoms with Crippen molar-refractivity contribution in [2.45, 2.75) is 79.7 Å². The number of nitrogens with two attached hydrogens (primary N) is 1. The number of nitrogens with zero attached hydrogens (tertiary/aromatic N) is 12. The minimum Gasteiger partial charge on any atom is -0.505 e. The molecule has 1 fully saturated rings. The minimum atomic E-state index is -3.88. The van der Waals surface area contributed by atoms with Crippen molar-refractivity contribution in [2.75, 3.05) is 80.9 Å². The van der Waals surface area contributed by atoms with Crippen molar-refractivity contribution < 1.29 is 114 Å². The lowest BCUT2D eigenvalue weighted by molar-refractivity contribution is -0.385. The number of ether oxygens (including phenoxy) is 4. The predicted molar refractivity (Wildman–Crippen MR) is 580 cm³/mol. The molecule has 0 unspecified atom stereocenters. The molecule has 1 aliphatic heterocycles. The number of hydrogen-bond acceptors (Lipinski definition) is 36. The number of aromatic nitrogens is 5. The molecule has 0 aliphatic carbocycles. The first-order chi connectivity index (χ1) is 68.5. The van der Waals surface area contributed by atoms with E-state index in [0.29, 0.717) is 74.3 Å². The Bertz CT molecular complexity index is 7840. The van der Waals surface area contributed by atoms with E-state index < -0.39 is 84.6 Å². The summed E-state index contributed by atoms with van der Waals surface area (Å²) in [4.78, 5) is 85.3. The summed E-state index contributed by atoms with van der Waals surface area (Å²) in [5, 5.41) is 40.0. The molecule has 1 saturated heterocycles. The molecule has 0 spiro atoms. The van der Waals surface area contributed by atoms with Gasteiger partial charge in [-0.25, -0.2) is 51.2 Å². The van der Waals surface area contributed by atoms with Gasteiger partial charge in [-0.3, -0.25) is 74.1 Å². The Labute approximate surface area is 896 Å². The second-order valence-electron chi connectivity index (χ2n) is 28.3. The second-order valence-corrected chi connectivity index (χ2v) is 43.5. The van der Waals surface area contributed by atoms with Crippen molar-refractivity contribution in [3.63, 3.8) is 0 Å². The Morgan fingerprint density at radius 3 is 1.19 bits per heavy atom. The number of carbonyl (C=O) groups is 2. The highest BCUT2D eigenvalue weighted by atomic mass is 35.5. The number of thiophene rings is 5. The first-order valence-corrected chi connectivity index (χ1v) is 52.1. The van der Waals surface area contributed by atoms with Crippen LogP contribution in [0.3, 0.4) is 0 Å². The van der Waals surface area contributed by atoms with E-state index in [2.05, 4.69) is 52.8 Å². The Morgan fingerprint density at radius 1 is 0.477 bits per heavy atom. The van der Waals surface area contributed by atoms with Crippen LogP contribution in [0.25, 0.3) is 51.1 Å². The largest absolute Gasteiger partial charge is 0.505 e. The number of nitro groups is 2. The molecule has 149 heavy (non-hydrogen) atoms. The molecule has 16 aromatic rings. The molecule has 11 heterocycles. The third kappa shape index (κ3) is 34.6. The number of phenolic OH excluding ortho intramolecular Hbond substituents is 1. The molecule has 1 aliphatic rings. The number of aromatic hydroxyl groups is 1. The van der Waals surface area contributed by atoms with Crippen LogP contribution in [0.1, 0.15) is 61.1 Å². The number of phenols is 1. The predicted octanol–water partition coefficient (Wildman–Crippen LogP) is 23.1. The van der Waals surface area contributed by atoms with Crippen molar-refractivity contribution in [3.05, 3.63) is 295 Å². The highest BCUT2D eigenvalue weighted by molar-refractivity contribution is 7.92. The number of nitro benzene ring substituents is 2. The Kier molecular flexibility index (Phi) is 50.2. The minimum absolute atomic E-state index is 0. The SMILES string of the molecule is C.C.C.C.C.C1CCOC1.CON(C)S(=O)(=O)c1cc2nccc(Cl)c2s1.CON(C)S(=O)(=O)c1cc2nccc(Oc3ccc(N)cc3F)c2s1.CON(C)S(=O)(=O)c1cc2nccc(Oc3ccc(NC(=S)NC(=O)Cc4ccccc4)cc3F)c2s1.CON(C)S(=O)(=O)c1cc2nccc(Oc3ccc([N+](=O)[O-])cc3F)c2s1.Clc1ccnc2ccsc12.O=C(Cc1ccccc1)N=C=S.O=[N+]([O-])c1ccc(O)c(F)c1. The fourth-order valence-electron chi connectivity index (χ4n) is 11.5. The maximum absolute atomic E-state index is 14.9. The summed E-state index contributed by atoms with van der Waals surface area (Å²) >= 11 is 26.8. The molecule has 0 atom stereocenters. The van der Waals surface area contributed by atoms with E-state index in [0.717, 1.165) is 135 Å². The molecule has 0 bridgehead atoms. The fraction of sp³-hybridized carbons (Fsp3) is 0.202. The number of hydrogen-bond donors (Lipinski definition) is 4. The van der Waals surface area contributed by atoms with Crippen LogP contribution in [-0.4, -0.2) is 183 Å². The number of halogens is 6. The number of thiocarbonyl (C=S) groups is 2. The van der Waals surface area contributed by atoms with E-state index in [1.165, 1.54) is 167 Å². The Balaban J connectivity index is 0.000000314. The summed E-state index contributed by atoms with van der Waals surface area (Å²) in [6, 6.07) is 47.9. The van der Waals surface area contributed by atoms with Crippen LogP contribution in [0.5, 0.6) is 40.2 Å². The summed E-state index contributed by atoms with van der Waals surface area (Å²) < 4.78 is 182. The molecule has 10 aromatic heterocycles. The summed E-state index contributed by atoms with van der Waals surface area (Å²) in [5.41, 5.74) is 9.76. The van der Waals surface area contributed by atoms with Crippen LogP contribution < -0.4 is 30.6 Å². The van der Waals surface area contributed by atoms with E-state index >= 15 is 0 Å². The smallest absolute Gasteiger partial charge is 0.274 e. The van der Waals surface area contributed by atoms with Crippen molar-refractivity contribution >= 4 is 240 Å². The average molecular weight is 2310 g/mol. The fourth-order valence-corrected chi connectivity index (χ4v) is 23.0. The van der Waals surface area contributed by atoms with Gasteiger partial charge >= 0.3 is 0 Å². The van der Waals surface area contributed by atoms with Gasteiger partial charge < -0.3 is 40.4 Å². The third-order valence-corrected chi connectivity index (χ3v) is 34.0. The standard InChI is InChI=1S/C24H21FN4O5S3.C15H12FN3O6S2.C15H14FN3O4S2.C9H9ClN2O3S2.C9H7NOS.C7H4ClNS.C6H4FNO3.C4H8O.5CH4/c1-29(33-2)37(31,32)22-14-18-23(36-22)20(10-11-26-18)34-19-9-8-16(13-17(19)25)27-24(35)28-21(30)12-15-6-4-3-5-7-15;1-18(24-2)27(22,23)14-8-11-15(26-14)13(5-6-17-11)25-12-4-3-9(19(20)21)7-10(12)16;1-19(22-2)25(20,21)14-8-11-15(24-14)13(5-6-18-11)23-12-4-3-9(17)7-10(12)16;1-12(15-2)17(13,14)8-5-7-9(16-8)6(10)3-4-11-7;11-9(10-7-12)6-8-4-2-1-3-5-8;8-5-1-3-9-6-2-4-10-7(5)6;7-5-3-4(8(10)11)1-2-6(5)9;1-2-4-5-3-1;;;;;/h3-11,13-14H,12H2,1-2H3,(H2,27,28,30,35);3-8H,1-2H3;3-8H,17H2,1-2H3;3-5H,1-2H3;1-5H,6H2;1-4H;1-3,9H;1-4H2;5*1H4. The molecule has 5 N–H and O–H groups in total. The summed E-state index contributed by atoms with van der Waals surface area (Å²) in [7, 11) is -5.08. The van der Waals surface area contributed by atoms with Crippen LogP contribution in [0.4, 0.5) is 40.3 Å². The van der Waals surface area contributed by atoms with Gasteiger partial charge in [0.2, 0.25) is 5.91 Å². The number of pyridine rings is 5. The van der Waals surface area contributed by atoms with Gasteiger partial charge in [0.05, 0.1) is 130 Å². The number of nitrogen functional groups attached to an aromatic ring is 1. The third-order valence-electron chi connectivity index (χ3n) is 18.8. The summed E-state index contributed by atoms with van der Waals surface area (Å²) in [6.45, 7) is 2.00. The molecule has 0 saturated carbocycles. The van der Waals surface area contributed by atoms with Crippen LogP contribution in [0.15, 0.2) is 252 Å². The summed E-state index contributed by atoms with van der Waals surface area (Å²) in [6.07, 6.45) is 10.5. The normalized spacial score (nSPS) is 11.3. The zero-order valence-electron chi connectivity index (χ0n) is 75.8. The van der Waals surface area contributed by atoms with Crippen molar-refractivity contribution in [1.82, 2.24) is 48.1 Å². The number of non-ortho nitro benzene ring substituents is 2. The number of fused-ring (bicyclic) bond motifs is 5. The average Bonchev–Trinajstić information content (AvgIpc) is 1.65. The van der Waals surface area contributed by atoms with Gasteiger partial charge in [-0.15, -0.1) is 56.7 Å². The highest BCUT2D eigenvalue weighted by Gasteiger charge is 2.31. The van der Waals surface area contributed by atoms with Gasteiger partial charge in [-0.1, -0.05) is 139 Å². The van der Waals surface area contributed by atoms with Crippen molar-refractivity contribution in [2.24, 2.45) is 4.99 Å². The van der Waals surface area contributed by atoms with E-state index in [1.54, 1.807) is 29.7 Å². The number of anilines is 2. The zero-order valence-corrected chi connectivity index (χ0v) is 86.3. The van der Waals surface area contributed by atoms with Gasteiger partial charge in [-0.2, -0.15) is 4.99 Å². The maximum Gasteiger partial charge on any atom is 0.274 e. The van der Waals surface area contributed by atoms with E-state index in [1.807, 2.05) is 77.3 Å². The van der Waals surface area contributed by atoms with Gasteiger partial charge in [0.15, 0.2) is 51.4 Å². The van der Waals surface area contributed by atoms with Crippen molar-refractivity contribution in [1.29, 1.82) is 0 Å². The van der Waals surface area contributed by atoms with Crippen LogP contribution in [0.2, 0.25) is 10.0 Å². The lowest BCUT2D eigenvalue weighted by Crippen LogP contribution is -2.35. The molecular formula is C94H99Cl2F4N15O23S11. The van der Waals surface area contributed by atoms with Crippen molar-refractivity contribution in [3.8, 4) is 40.2 Å². The number of hydroxylamine groups is 4. The number of benzene rings is 6. The number of aliphatic imine (C=N–C) groups is 1. The molecule has 17 rings (SSSR count). The number of sulfonamides is 4. The number of rotatable bonds is 25. The number of amides is 2. The van der Waals surface area contributed by atoms with Gasteiger partial charge in [0, 0.05) is 126 Å². The summed E-state index contributed by atoms with van der Waals surface area (Å²) in [5.74, 6) is -4.02. The van der Waals surface area contributed by atoms with Gasteiger partial charge in [0.1, 0.15) is 34.1 Å². The molecule has 796 valence electrons. The van der Waals surface area contributed by atoms with E-state index in [4.69, 9.17) is 84.6 Å². The topological polar surface area (TPSA) is 491 Å². The number of isothiocyanates is 1. The van der Waals surface area contributed by atoms with Gasteiger partial charge in [0.25, 0.3) is 57.4 Å². The molecule has 55 heteroatoms. The first-order valence-electron chi connectivity index (χ1n) is 40.6. The highest BCUT2D eigenvalue weighted by Crippen LogP contribution is 2.43. The molecule has 0 radical (unpaired) electrons. The monoisotopic (exact) mass is 2300 g/mol. The molecule has 2 amide bonds.